The first kappa shape index (κ1) is 22.3. The second-order valence-electron chi connectivity index (χ2n) is 6.58. The van der Waals surface area contributed by atoms with Crippen molar-refractivity contribution in [3.8, 4) is 5.75 Å². The summed E-state index contributed by atoms with van der Waals surface area (Å²) in [6.45, 7) is 1.76. The topological polar surface area (TPSA) is 121 Å². The molecule has 0 bridgehead atoms. The van der Waals surface area contributed by atoms with E-state index in [1.807, 2.05) is 0 Å². The molecular weight excluding hydrogens is 418 g/mol. The number of amides is 1. The van der Waals surface area contributed by atoms with E-state index in [1.54, 1.807) is 19.1 Å². The second kappa shape index (κ2) is 9.61. The number of ether oxygens (including phenoxy) is 3. The fraction of sp³-hybridized carbons (Fsp3) is 0.130. The van der Waals surface area contributed by atoms with Crippen molar-refractivity contribution in [1.82, 2.24) is 0 Å². The molecule has 0 atom stereocenters. The van der Waals surface area contributed by atoms with Crippen LogP contribution >= 0.6 is 0 Å². The fourth-order valence-electron chi connectivity index (χ4n) is 2.77. The summed E-state index contributed by atoms with van der Waals surface area (Å²) in [6.07, 6.45) is 1.38. The van der Waals surface area contributed by atoms with E-state index < -0.39 is 23.8 Å². The highest BCUT2D eigenvalue weighted by molar-refractivity contribution is 6.03. The van der Waals surface area contributed by atoms with Crippen molar-refractivity contribution in [2.75, 3.05) is 19.5 Å². The summed E-state index contributed by atoms with van der Waals surface area (Å²) in [7, 11) is 2.37. The predicted molar refractivity (Wildman–Crippen MR) is 112 cm³/mol. The van der Waals surface area contributed by atoms with Crippen LogP contribution in [-0.2, 0) is 9.47 Å². The van der Waals surface area contributed by atoms with Crippen molar-refractivity contribution in [2.24, 2.45) is 0 Å². The molecule has 164 valence electrons. The van der Waals surface area contributed by atoms with Gasteiger partial charge in [-0.3, -0.25) is 4.79 Å². The van der Waals surface area contributed by atoms with E-state index in [2.05, 4.69) is 14.8 Å². The Morgan fingerprint density at radius 3 is 2.03 bits per heavy atom. The Balaban J connectivity index is 1.86. The molecule has 3 rings (SSSR count). The lowest BCUT2D eigenvalue weighted by molar-refractivity contribution is 0.0593. The van der Waals surface area contributed by atoms with Gasteiger partial charge in [-0.15, -0.1) is 0 Å². The molecule has 0 saturated carbocycles. The smallest absolute Gasteiger partial charge is 0.343 e. The Morgan fingerprint density at radius 2 is 1.47 bits per heavy atom. The standard InChI is InChI=1S/C23H19NO8/c1-13-6-7-14(12-18(13)24-20(25)19-5-4-8-31-19)23(28)32-17-10-15(21(26)29-2)9-16(11-17)22(27)30-3/h4-12H,1-3H3,(H,24,25). The van der Waals surface area contributed by atoms with Gasteiger partial charge in [-0.2, -0.15) is 0 Å². The van der Waals surface area contributed by atoms with Crippen molar-refractivity contribution in [1.29, 1.82) is 0 Å². The second-order valence-corrected chi connectivity index (χ2v) is 6.58. The zero-order valence-electron chi connectivity index (χ0n) is 17.5. The molecule has 0 saturated heterocycles. The highest BCUT2D eigenvalue weighted by Gasteiger charge is 2.18. The Morgan fingerprint density at radius 1 is 0.812 bits per heavy atom. The van der Waals surface area contributed by atoms with Gasteiger partial charge in [0.2, 0.25) is 0 Å². The molecule has 32 heavy (non-hydrogen) atoms. The Bertz CT molecular complexity index is 1150. The fourth-order valence-corrected chi connectivity index (χ4v) is 2.77. The van der Waals surface area contributed by atoms with E-state index in [9.17, 15) is 19.2 Å². The first-order valence-electron chi connectivity index (χ1n) is 9.31. The first-order valence-corrected chi connectivity index (χ1v) is 9.31. The number of rotatable bonds is 6. The molecule has 1 N–H and O–H groups in total. The van der Waals surface area contributed by atoms with Crippen molar-refractivity contribution >= 4 is 29.5 Å². The number of methoxy groups -OCH3 is 2. The predicted octanol–water partition coefficient (Wildman–Crippen LogP) is 3.63. The number of esters is 3. The highest BCUT2D eigenvalue weighted by atomic mass is 16.5. The zero-order valence-corrected chi connectivity index (χ0v) is 17.5. The Labute approximate surface area is 182 Å². The lowest BCUT2D eigenvalue weighted by atomic mass is 10.1. The number of hydrogen-bond donors (Lipinski definition) is 1. The summed E-state index contributed by atoms with van der Waals surface area (Å²) in [6, 6.07) is 11.5. The molecule has 1 aromatic heterocycles. The van der Waals surface area contributed by atoms with Gasteiger partial charge in [0, 0.05) is 5.69 Å². The van der Waals surface area contributed by atoms with Crippen molar-refractivity contribution in [2.45, 2.75) is 6.92 Å². The minimum absolute atomic E-state index is 0.00788. The van der Waals surface area contributed by atoms with Crippen LogP contribution in [0, 0.1) is 6.92 Å². The Kier molecular flexibility index (Phi) is 6.69. The molecule has 0 spiro atoms. The van der Waals surface area contributed by atoms with Crippen LogP contribution in [0.5, 0.6) is 5.75 Å². The summed E-state index contributed by atoms with van der Waals surface area (Å²) in [5, 5.41) is 2.67. The van der Waals surface area contributed by atoms with Gasteiger partial charge in [0.15, 0.2) is 5.76 Å². The molecule has 3 aromatic rings. The van der Waals surface area contributed by atoms with Gasteiger partial charge in [0.25, 0.3) is 5.91 Å². The summed E-state index contributed by atoms with van der Waals surface area (Å²) < 4.78 is 19.8. The molecule has 0 aliphatic heterocycles. The van der Waals surface area contributed by atoms with Gasteiger partial charge in [0.05, 0.1) is 37.2 Å². The molecule has 1 amide bonds. The number of aryl methyl sites for hydroxylation is 1. The number of furan rings is 1. The molecule has 9 heteroatoms. The third-order valence-corrected chi connectivity index (χ3v) is 4.43. The maximum absolute atomic E-state index is 12.7. The number of nitrogens with one attached hydrogen (secondary N) is 1. The third-order valence-electron chi connectivity index (χ3n) is 4.43. The van der Waals surface area contributed by atoms with E-state index in [0.717, 1.165) is 0 Å². The van der Waals surface area contributed by atoms with E-state index in [0.29, 0.717) is 11.3 Å². The van der Waals surface area contributed by atoms with Crippen molar-refractivity contribution in [3.63, 3.8) is 0 Å². The molecule has 0 unspecified atom stereocenters. The molecule has 0 aliphatic carbocycles. The number of carbonyl (C=O) groups is 4. The maximum Gasteiger partial charge on any atom is 0.343 e. The molecule has 0 aliphatic rings. The van der Waals surface area contributed by atoms with Crippen LogP contribution in [0.15, 0.2) is 59.2 Å². The van der Waals surface area contributed by atoms with Crippen LogP contribution in [0.25, 0.3) is 0 Å². The van der Waals surface area contributed by atoms with Gasteiger partial charge in [-0.05, 0) is 55.0 Å². The minimum Gasteiger partial charge on any atom is -0.465 e. The van der Waals surface area contributed by atoms with E-state index >= 15 is 0 Å². The molecule has 1 heterocycles. The molecule has 9 nitrogen and oxygen atoms in total. The summed E-state index contributed by atoms with van der Waals surface area (Å²) in [5.74, 6) is -2.61. The maximum atomic E-state index is 12.7. The van der Waals surface area contributed by atoms with Gasteiger partial charge in [-0.25, -0.2) is 14.4 Å². The molecule has 2 aromatic carbocycles. The van der Waals surface area contributed by atoms with Crippen LogP contribution in [0.1, 0.15) is 47.2 Å². The van der Waals surface area contributed by atoms with Gasteiger partial charge >= 0.3 is 17.9 Å². The van der Waals surface area contributed by atoms with Gasteiger partial charge in [-0.1, -0.05) is 6.07 Å². The monoisotopic (exact) mass is 437 g/mol. The quantitative estimate of drug-likeness (QED) is 0.458. The minimum atomic E-state index is -0.767. The van der Waals surface area contributed by atoms with Crippen LogP contribution < -0.4 is 10.1 Å². The summed E-state index contributed by atoms with van der Waals surface area (Å²) >= 11 is 0. The molecule has 0 radical (unpaired) electrons. The van der Waals surface area contributed by atoms with E-state index in [-0.39, 0.29) is 28.2 Å². The molecule has 0 fully saturated rings. The largest absolute Gasteiger partial charge is 0.465 e. The lowest BCUT2D eigenvalue weighted by Crippen LogP contribution is -2.14. The number of carbonyl (C=O) groups excluding carboxylic acids is 4. The number of hydrogen-bond acceptors (Lipinski definition) is 8. The van der Waals surface area contributed by atoms with E-state index in [4.69, 9.17) is 9.15 Å². The normalized spacial score (nSPS) is 10.2. The van der Waals surface area contributed by atoms with Crippen LogP contribution in [0.3, 0.4) is 0 Å². The lowest BCUT2D eigenvalue weighted by Gasteiger charge is -2.11. The SMILES string of the molecule is COC(=O)c1cc(OC(=O)c2ccc(C)c(NC(=O)c3ccco3)c2)cc(C(=O)OC)c1. The zero-order chi connectivity index (χ0) is 23.3. The summed E-state index contributed by atoms with van der Waals surface area (Å²) in [5.41, 5.74) is 1.25. The average molecular weight is 437 g/mol. The Hall–Kier alpha value is -4.40. The third kappa shape index (κ3) is 5.01. The van der Waals surface area contributed by atoms with Crippen LogP contribution in [-0.4, -0.2) is 38.0 Å². The van der Waals surface area contributed by atoms with Crippen LogP contribution in [0.2, 0.25) is 0 Å². The number of benzene rings is 2. The molecular formula is C23H19NO8. The summed E-state index contributed by atoms with van der Waals surface area (Å²) in [4.78, 5) is 48.8. The van der Waals surface area contributed by atoms with Crippen LogP contribution in [0.4, 0.5) is 5.69 Å². The van der Waals surface area contributed by atoms with Gasteiger partial charge < -0.3 is 23.9 Å². The van der Waals surface area contributed by atoms with Gasteiger partial charge in [0.1, 0.15) is 5.75 Å². The highest BCUT2D eigenvalue weighted by Crippen LogP contribution is 2.23. The average Bonchev–Trinajstić information content (AvgIpc) is 3.34. The van der Waals surface area contributed by atoms with Crippen molar-refractivity contribution in [3.05, 3.63) is 82.8 Å². The van der Waals surface area contributed by atoms with E-state index in [1.165, 1.54) is 56.9 Å². The van der Waals surface area contributed by atoms with Crippen molar-refractivity contribution < 1.29 is 37.8 Å². The first-order chi connectivity index (χ1) is 15.3. The number of anilines is 1.